The van der Waals surface area contributed by atoms with E-state index in [1.54, 1.807) is 54.6 Å². The molecule has 0 aliphatic heterocycles. The summed E-state index contributed by atoms with van der Waals surface area (Å²) < 4.78 is 3.65. The number of hydrogen-bond donors (Lipinski definition) is 0. The lowest BCUT2D eigenvalue weighted by molar-refractivity contribution is 0.764. The first-order valence-electron chi connectivity index (χ1n) is 7.94. The van der Waals surface area contributed by atoms with Crippen LogP contribution in [0.15, 0.2) is 81.2 Å². The highest BCUT2D eigenvalue weighted by atomic mass is 16.2. The van der Waals surface area contributed by atoms with Crippen molar-refractivity contribution in [2.75, 3.05) is 0 Å². The van der Waals surface area contributed by atoms with Gasteiger partial charge in [0.25, 0.3) is 5.56 Å². The van der Waals surface area contributed by atoms with Crippen LogP contribution in [0, 0.1) is 0 Å². The van der Waals surface area contributed by atoms with Crippen molar-refractivity contribution in [3.63, 3.8) is 0 Å². The zero-order valence-corrected chi connectivity index (χ0v) is 13.9. The van der Waals surface area contributed by atoms with E-state index in [4.69, 9.17) is 0 Å². The van der Waals surface area contributed by atoms with Crippen LogP contribution in [0.5, 0.6) is 0 Å². The molecule has 0 aliphatic carbocycles. The summed E-state index contributed by atoms with van der Waals surface area (Å²) >= 11 is 0. The van der Waals surface area contributed by atoms with Crippen LogP contribution in [-0.4, -0.2) is 18.7 Å². The lowest BCUT2D eigenvalue weighted by Gasteiger charge is -2.15. The largest absolute Gasteiger partial charge is 0.348 e. The SMILES string of the molecule is Cn1c(=O)ncc2c(=O)n(-c3ccccc3)c(=O)n(-c3ccccc3)c21. The Bertz CT molecular complexity index is 1290. The minimum Gasteiger partial charge on any atom is -0.280 e. The number of nitrogens with zero attached hydrogens (tertiary/aromatic N) is 4. The van der Waals surface area contributed by atoms with Crippen LogP contribution in [0.3, 0.4) is 0 Å². The topological polar surface area (TPSA) is 78.9 Å². The van der Waals surface area contributed by atoms with Crippen molar-refractivity contribution in [2.24, 2.45) is 7.05 Å². The Morgan fingerprint density at radius 3 is 1.88 bits per heavy atom. The number of rotatable bonds is 2. The van der Waals surface area contributed by atoms with E-state index < -0.39 is 16.9 Å². The van der Waals surface area contributed by atoms with E-state index >= 15 is 0 Å². The fraction of sp³-hybridized carbons (Fsp3) is 0.0526. The van der Waals surface area contributed by atoms with Gasteiger partial charge in [0.2, 0.25) is 0 Å². The summed E-state index contributed by atoms with van der Waals surface area (Å²) in [5.41, 5.74) is -0.416. The molecule has 0 radical (unpaired) electrons. The summed E-state index contributed by atoms with van der Waals surface area (Å²) in [4.78, 5) is 42.0. The van der Waals surface area contributed by atoms with Gasteiger partial charge < -0.3 is 0 Å². The molecular weight excluding hydrogens is 332 g/mol. The van der Waals surface area contributed by atoms with Gasteiger partial charge in [0.15, 0.2) is 0 Å². The van der Waals surface area contributed by atoms with E-state index in [2.05, 4.69) is 4.98 Å². The molecule has 0 aliphatic rings. The Morgan fingerprint density at radius 1 is 0.769 bits per heavy atom. The van der Waals surface area contributed by atoms with Crippen LogP contribution < -0.4 is 16.9 Å². The number of benzene rings is 2. The molecule has 0 saturated carbocycles. The Balaban J connectivity index is 2.28. The zero-order valence-electron chi connectivity index (χ0n) is 13.9. The predicted molar refractivity (Wildman–Crippen MR) is 98.2 cm³/mol. The van der Waals surface area contributed by atoms with Crippen molar-refractivity contribution in [1.29, 1.82) is 0 Å². The van der Waals surface area contributed by atoms with Gasteiger partial charge in [-0.3, -0.25) is 9.36 Å². The molecule has 2 heterocycles. The van der Waals surface area contributed by atoms with E-state index in [0.717, 1.165) is 4.57 Å². The Kier molecular flexibility index (Phi) is 3.62. The lowest BCUT2D eigenvalue weighted by atomic mass is 10.2. The molecule has 4 aromatic rings. The number of hydrogen-bond acceptors (Lipinski definition) is 4. The quantitative estimate of drug-likeness (QED) is 0.547. The molecule has 2 aromatic heterocycles. The van der Waals surface area contributed by atoms with Gasteiger partial charge in [0, 0.05) is 13.2 Å². The molecule has 0 N–H and O–H groups in total. The van der Waals surface area contributed by atoms with E-state index in [1.807, 2.05) is 6.07 Å². The van der Waals surface area contributed by atoms with Crippen molar-refractivity contribution < 1.29 is 0 Å². The first-order chi connectivity index (χ1) is 12.6. The summed E-state index contributed by atoms with van der Waals surface area (Å²) in [5, 5.41) is 0.180. The molecule has 0 unspecified atom stereocenters. The van der Waals surface area contributed by atoms with E-state index in [9.17, 15) is 14.4 Å². The normalized spacial score (nSPS) is 11.0. The number of aryl methyl sites for hydroxylation is 1. The number of fused-ring (bicyclic) bond motifs is 1. The summed E-state index contributed by atoms with van der Waals surface area (Å²) in [7, 11) is 1.49. The van der Waals surface area contributed by atoms with Crippen LogP contribution >= 0.6 is 0 Å². The van der Waals surface area contributed by atoms with Gasteiger partial charge >= 0.3 is 11.4 Å². The number of para-hydroxylation sites is 2. The maximum Gasteiger partial charge on any atom is 0.348 e. The third-order valence-electron chi connectivity index (χ3n) is 4.21. The molecule has 2 aromatic carbocycles. The van der Waals surface area contributed by atoms with Crippen LogP contribution in [0.25, 0.3) is 22.4 Å². The second-order valence-corrected chi connectivity index (χ2v) is 5.77. The highest BCUT2D eigenvalue weighted by Gasteiger charge is 2.18. The summed E-state index contributed by atoms with van der Waals surface area (Å²) in [6, 6.07) is 17.5. The van der Waals surface area contributed by atoms with Gasteiger partial charge in [-0.15, -0.1) is 0 Å². The van der Waals surface area contributed by atoms with Crippen molar-refractivity contribution in [1.82, 2.24) is 18.7 Å². The second-order valence-electron chi connectivity index (χ2n) is 5.77. The summed E-state index contributed by atoms with van der Waals surface area (Å²) in [6.45, 7) is 0. The Hall–Kier alpha value is -3.74. The van der Waals surface area contributed by atoms with Crippen LogP contribution in [-0.2, 0) is 7.05 Å². The monoisotopic (exact) mass is 346 g/mol. The Labute approximate surface area is 147 Å². The fourth-order valence-electron chi connectivity index (χ4n) is 2.97. The van der Waals surface area contributed by atoms with Gasteiger partial charge in [-0.1, -0.05) is 36.4 Å². The third-order valence-corrected chi connectivity index (χ3v) is 4.21. The standard InChI is InChI=1S/C19H14N4O3/c1-21-16-15(12-20-18(21)25)17(24)23(14-10-6-3-7-11-14)19(26)22(16)13-8-4-2-5-9-13/h2-12H,1H3. The number of aromatic nitrogens is 4. The molecule has 26 heavy (non-hydrogen) atoms. The molecule has 0 fully saturated rings. The average Bonchev–Trinajstić information content (AvgIpc) is 2.67. The lowest BCUT2D eigenvalue weighted by Crippen LogP contribution is -2.40. The first-order valence-corrected chi connectivity index (χ1v) is 7.94. The van der Waals surface area contributed by atoms with Crippen molar-refractivity contribution in [3.05, 3.63) is 98.2 Å². The van der Waals surface area contributed by atoms with Crippen molar-refractivity contribution in [2.45, 2.75) is 0 Å². The predicted octanol–water partition coefficient (Wildman–Crippen LogP) is 1.24. The molecule has 4 rings (SSSR count). The minimum atomic E-state index is -0.555. The first kappa shape index (κ1) is 15.8. The van der Waals surface area contributed by atoms with E-state index in [1.165, 1.54) is 22.4 Å². The molecule has 0 amide bonds. The highest BCUT2D eigenvalue weighted by Crippen LogP contribution is 2.12. The molecule has 0 spiro atoms. The van der Waals surface area contributed by atoms with Crippen LogP contribution in [0.1, 0.15) is 0 Å². The molecule has 7 heteroatoms. The smallest absolute Gasteiger partial charge is 0.280 e. The van der Waals surface area contributed by atoms with Gasteiger partial charge in [0.1, 0.15) is 11.0 Å². The maximum absolute atomic E-state index is 13.3. The maximum atomic E-state index is 13.3. The van der Waals surface area contributed by atoms with Gasteiger partial charge in [0.05, 0.1) is 11.4 Å². The van der Waals surface area contributed by atoms with Gasteiger partial charge in [-0.25, -0.2) is 23.7 Å². The molecular formula is C19H14N4O3. The fourth-order valence-corrected chi connectivity index (χ4v) is 2.97. The molecule has 0 atom stereocenters. The third kappa shape index (κ3) is 2.29. The van der Waals surface area contributed by atoms with Crippen molar-refractivity contribution in [3.8, 4) is 11.4 Å². The molecule has 7 nitrogen and oxygen atoms in total. The van der Waals surface area contributed by atoms with Crippen LogP contribution in [0.2, 0.25) is 0 Å². The Morgan fingerprint density at radius 2 is 1.31 bits per heavy atom. The van der Waals surface area contributed by atoms with Crippen LogP contribution in [0.4, 0.5) is 0 Å². The van der Waals surface area contributed by atoms with Gasteiger partial charge in [-0.2, -0.15) is 0 Å². The summed E-state index contributed by atoms with van der Waals surface area (Å²) in [5.74, 6) is 0. The minimum absolute atomic E-state index is 0.180. The molecule has 0 bridgehead atoms. The van der Waals surface area contributed by atoms with Gasteiger partial charge in [-0.05, 0) is 24.3 Å². The van der Waals surface area contributed by atoms with Crippen molar-refractivity contribution >= 4 is 11.0 Å². The van der Waals surface area contributed by atoms with E-state index in [-0.39, 0.29) is 11.0 Å². The zero-order chi connectivity index (χ0) is 18.3. The second kappa shape index (κ2) is 5.96. The van der Waals surface area contributed by atoms with E-state index in [0.29, 0.717) is 11.4 Å². The average molecular weight is 346 g/mol. The summed E-state index contributed by atoms with van der Waals surface area (Å²) in [6.07, 6.45) is 1.22. The highest BCUT2D eigenvalue weighted by molar-refractivity contribution is 5.75. The molecule has 0 saturated heterocycles. The molecule has 128 valence electrons.